The van der Waals surface area contributed by atoms with Crippen LogP contribution in [0.5, 0.6) is 0 Å². The Morgan fingerprint density at radius 3 is 2.42 bits per heavy atom. The van der Waals surface area contributed by atoms with E-state index in [4.69, 9.17) is 19.0 Å². The number of anilines is 1. The number of benzene rings is 3. The van der Waals surface area contributed by atoms with E-state index in [2.05, 4.69) is 65.5 Å². The van der Waals surface area contributed by atoms with Gasteiger partial charge in [-0.25, -0.2) is 18.8 Å². The SMILES string of the molecule is C[C@H]1N(C)c2cc3c(cc2C1(C)C)[P@@](=Nc1ccc(Br)cc1)(N1CCOCC1)OC(c1ccc(F)cc1)=N3. The van der Waals surface area contributed by atoms with Gasteiger partial charge < -0.3 is 14.2 Å². The lowest BCUT2D eigenvalue weighted by Crippen LogP contribution is -2.39. The maximum Gasteiger partial charge on any atom is 0.242 e. The number of hydrogen-bond donors (Lipinski definition) is 0. The number of ether oxygens (including phenoxy) is 1. The molecule has 0 radical (unpaired) electrons. The van der Waals surface area contributed by atoms with Gasteiger partial charge >= 0.3 is 0 Å². The van der Waals surface area contributed by atoms with Crippen LogP contribution < -0.4 is 10.2 Å². The minimum absolute atomic E-state index is 0.0572. The standard InChI is InChI=1S/C29H31BrFN4O2P/c1-19-29(2,3)24-17-27-25(18-26(24)34(19)4)32-28(20-5-9-22(31)10-6-20)37-38(27,35-13-15-36-16-14-35)33-23-11-7-21(30)8-12-23/h5-12,17-19H,13-16H2,1-4H3/t19-,38-/m1/s1. The fraction of sp³-hybridized carbons (Fsp3) is 0.345. The number of nitrogens with zero attached hydrogens (tertiary/aromatic N) is 4. The summed E-state index contributed by atoms with van der Waals surface area (Å²) in [5, 5.41) is 1.02. The molecule has 0 bridgehead atoms. The van der Waals surface area contributed by atoms with E-state index >= 15 is 0 Å². The third-order valence-corrected chi connectivity index (χ3v) is 11.7. The molecular formula is C29H31BrFN4O2P. The second kappa shape index (κ2) is 9.60. The molecule has 3 aliphatic rings. The summed E-state index contributed by atoms with van der Waals surface area (Å²) in [6, 6.07) is 19.1. The quantitative estimate of drug-likeness (QED) is 0.302. The summed E-state index contributed by atoms with van der Waals surface area (Å²) in [4.78, 5) is 7.36. The second-order valence-electron chi connectivity index (χ2n) is 10.6. The minimum atomic E-state index is -2.83. The molecule has 9 heteroatoms. The van der Waals surface area contributed by atoms with E-state index in [0.29, 0.717) is 38.2 Å². The second-order valence-corrected chi connectivity index (χ2v) is 14.0. The molecule has 3 heterocycles. The van der Waals surface area contributed by atoms with Gasteiger partial charge in [-0.1, -0.05) is 29.8 Å². The third kappa shape index (κ3) is 4.22. The van der Waals surface area contributed by atoms with Gasteiger partial charge in [0.25, 0.3) is 0 Å². The van der Waals surface area contributed by atoms with E-state index < -0.39 is 7.43 Å². The van der Waals surface area contributed by atoms with Gasteiger partial charge in [-0.3, -0.25) is 0 Å². The first-order valence-corrected chi connectivity index (χ1v) is 15.3. The van der Waals surface area contributed by atoms with Crippen LogP contribution in [-0.2, 0) is 14.7 Å². The molecule has 0 amide bonds. The minimum Gasteiger partial charge on any atom is -0.424 e. The highest BCUT2D eigenvalue weighted by Crippen LogP contribution is 2.61. The Hall–Kier alpha value is -2.51. The first-order valence-electron chi connectivity index (χ1n) is 12.9. The van der Waals surface area contributed by atoms with Crippen LogP contribution in [0.25, 0.3) is 0 Å². The van der Waals surface area contributed by atoms with Gasteiger partial charge in [-0.15, -0.1) is 0 Å². The van der Waals surface area contributed by atoms with Gasteiger partial charge in [0.2, 0.25) is 13.3 Å². The molecule has 0 N–H and O–H groups in total. The third-order valence-electron chi connectivity index (χ3n) is 8.08. The van der Waals surface area contributed by atoms with Crippen molar-refractivity contribution in [2.75, 3.05) is 38.3 Å². The first kappa shape index (κ1) is 25.8. The van der Waals surface area contributed by atoms with Gasteiger partial charge in [0, 0.05) is 47.3 Å². The van der Waals surface area contributed by atoms with Crippen LogP contribution in [0, 0.1) is 5.82 Å². The van der Waals surface area contributed by atoms with Crippen molar-refractivity contribution in [3.63, 3.8) is 0 Å². The number of hydrogen-bond acceptors (Lipinski definition) is 5. The lowest BCUT2D eigenvalue weighted by Gasteiger charge is -2.41. The molecule has 3 aromatic carbocycles. The molecule has 198 valence electrons. The number of halogens is 2. The Kier molecular flexibility index (Phi) is 6.50. The summed E-state index contributed by atoms with van der Waals surface area (Å²) >= 11 is 3.54. The average Bonchev–Trinajstić information content (AvgIpc) is 3.09. The highest BCUT2D eigenvalue weighted by atomic mass is 79.9. The van der Waals surface area contributed by atoms with E-state index in [1.807, 2.05) is 24.3 Å². The normalized spacial score (nSPS) is 24.3. The molecule has 3 aromatic rings. The van der Waals surface area contributed by atoms with Crippen LogP contribution in [0.4, 0.5) is 21.5 Å². The molecule has 1 saturated heterocycles. The number of morpholine rings is 1. The smallest absolute Gasteiger partial charge is 0.242 e. The van der Waals surface area contributed by atoms with Gasteiger partial charge in [-0.05, 0) is 73.2 Å². The Morgan fingerprint density at radius 2 is 1.74 bits per heavy atom. The van der Waals surface area contributed by atoms with Crippen molar-refractivity contribution in [1.82, 2.24) is 4.67 Å². The van der Waals surface area contributed by atoms with Crippen LogP contribution >= 0.6 is 23.4 Å². The molecule has 0 saturated carbocycles. The number of fused-ring (bicyclic) bond motifs is 2. The summed E-state index contributed by atoms with van der Waals surface area (Å²) in [6.07, 6.45) is 0. The van der Waals surface area contributed by atoms with Crippen molar-refractivity contribution < 1.29 is 13.7 Å². The van der Waals surface area contributed by atoms with E-state index in [1.165, 1.54) is 23.4 Å². The number of aliphatic imine (C=N–C) groups is 1. The maximum absolute atomic E-state index is 13.8. The molecule has 0 aromatic heterocycles. The molecule has 1 fully saturated rings. The van der Waals surface area contributed by atoms with Crippen molar-refractivity contribution in [3.05, 3.63) is 82.1 Å². The van der Waals surface area contributed by atoms with E-state index in [0.717, 1.165) is 26.7 Å². The predicted octanol–water partition coefficient (Wildman–Crippen LogP) is 7.13. The predicted molar refractivity (Wildman–Crippen MR) is 156 cm³/mol. The summed E-state index contributed by atoms with van der Waals surface area (Å²) in [5.41, 5.74) is 4.81. The Balaban J connectivity index is 1.65. The van der Waals surface area contributed by atoms with Crippen LogP contribution in [-0.4, -0.2) is 50.0 Å². The molecule has 2 atom stereocenters. The average molecular weight is 597 g/mol. The summed E-state index contributed by atoms with van der Waals surface area (Å²) < 4.78 is 35.3. The van der Waals surface area contributed by atoms with Crippen LogP contribution in [0.15, 0.2) is 74.9 Å². The molecular weight excluding hydrogens is 566 g/mol. The highest BCUT2D eigenvalue weighted by Gasteiger charge is 2.46. The molecule has 3 aliphatic heterocycles. The zero-order valence-electron chi connectivity index (χ0n) is 22.0. The lowest BCUT2D eigenvalue weighted by atomic mass is 9.81. The summed E-state index contributed by atoms with van der Waals surface area (Å²) in [6.45, 7) is 9.46. The molecule has 6 rings (SSSR count). The van der Waals surface area contributed by atoms with Crippen LogP contribution in [0.2, 0.25) is 0 Å². The molecule has 0 unspecified atom stereocenters. The van der Waals surface area contributed by atoms with Crippen molar-refractivity contribution in [2.24, 2.45) is 9.74 Å². The largest absolute Gasteiger partial charge is 0.424 e. The van der Waals surface area contributed by atoms with Gasteiger partial charge in [0.05, 0.1) is 29.9 Å². The fourth-order valence-corrected chi connectivity index (χ4v) is 8.77. The molecule has 38 heavy (non-hydrogen) atoms. The molecule has 6 nitrogen and oxygen atoms in total. The highest BCUT2D eigenvalue weighted by molar-refractivity contribution is 9.10. The zero-order valence-corrected chi connectivity index (χ0v) is 24.5. The Morgan fingerprint density at radius 1 is 1.05 bits per heavy atom. The van der Waals surface area contributed by atoms with E-state index in [1.54, 1.807) is 12.1 Å². The zero-order chi connectivity index (χ0) is 26.7. The monoisotopic (exact) mass is 596 g/mol. The van der Waals surface area contributed by atoms with Crippen molar-refractivity contribution >= 4 is 51.6 Å². The van der Waals surface area contributed by atoms with Crippen molar-refractivity contribution in [2.45, 2.75) is 32.2 Å². The molecule has 0 spiro atoms. The Labute approximate surface area is 231 Å². The van der Waals surface area contributed by atoms with Gasteiger partial charge in [0.15, 0.2) is 0 Å². The summed E-state index contributed by atoms with van der Waals surface area (Å²) in [7, 11) is -0.690. The van der Waals surface area contributed by atoms with Crippen LogP contribution in [0.1, 0.15) is 31.9 Å². The topological polar surface area (TPSA) is 49.7 Å². The fourth-order valence-electron chi connectivity index (χ4n) is 5.46. The maximum atomic E-state index is 13.8. The van der Waals surface area contributed by atoms with Gasteiger partial charge in [-0.2, -0.15) is 0 Å². The Bertz CT molecular complexity index is 1470. The van der Waals surface area contributed by atoms with E-state index in [9.17, 15) is 4.39 Å². The van der Waals surface area contributed by atoms with Crippen molar-refractivity contribution in [1.29, 1.82) is 0 Å². The lowest BCUT2D eigenvalue weighted by molar-refractivity contribution is 0.0716. The number of rotatable bonds is 3. The van der Waals surface area contributed by atoms with Gasteiger partial charge in [0.1, 0.15) is 5.82 Å². The first-order chi connectivity index (χ1) is 18.2. The van der Waals surface area contributed by atoms with Crippen molar-refractivity contribution in [3.8, 4) is 0 Å². The van der Waals surface area contributed by atoms with Crippen LogP contribution in [0.3, 0.4) is 0 Å². The molecule has 0 aliphatic carbocycles. The number of likely N-dealkylation sites (N-methyl/N-ethyl adjacent to an activating group) is 1. The summed E-state index contributed by atoms with van der Waals surface area (Å²) in [5.74, 6) is 0.168. The van der Waals surface area contributed by atoms with E-state index in [-0.39, 0.29) is 11.2 Å².